The maximum atomic E-state index is 5.62. The molecule has 3 nitrogen and oxygen atoms in total. The highest BCUT2D eigenvalue weighted by Gasteiger charge is 2.32. The van der Waals surface area contributed by atoms with Crippen molar-refractivity contribution in [2.24, 2.45) is 0 Å². The lowest BCUT2D eigenvalue weighted by molar-refractivity contribution is 0.00764. The minimum atomic E-state index is 0.469. The fraction of sp³-hybridized carbons (Fsp3) is 0.667. The molecule has 3 rings (SSSR count). The van der Waals surface area contributed by atoms with Gasteiger partial charge in [-0.05, 0) is 37.7 Å². The smallest absolute Gasteiger partial charge is 0.0586 e. The Hall–Kier alpha value is -0.900. The molecule has 0 radical (unpaired) electrons. The van der Waals surface area contributed by atoms with Gasteiger partial charge >= 0.3 is 0 Å². The minimum absolute atomic E-state index is 0.469. The van der Waals surface area contributed by atoms with E-state index < -0.39 is 0 Å². The van der Waals surface area contributed by atoms with Crippen LogP contribution >= 0.6 is 0 Å². The van der Waals surface area contributed by atoms with Crippen LogP contribution in [0.3, 0.4) is 0 Å². The van der Waals surface area contributed by atoms with Gasteiger partial charge in [-0.15, -0.1) is 0 Å². The minimum Gasteiger partial charge on any atom is -0.381 e. The molecule has 1 saturated heterocycles. The summed E-state index contributed by atoms with van der Waals surface area (Å²) in [4.78, 5) is 2.76. The summed E-state index contributed by atoms with van der Waals surface area (Å²) in [7, 11) is 1.87. The number of benzene rings is 1. The Morgan fingerprint density at radius 1 is 1.24 bits per heavy atom. The van der Waals surface area contributed by atoms with E-state index in [1.54, 1.807) is 0 Å². The first-order valence-electron chi connectivity index (χ1n) is 8.40. The first-order chi connectivity index (χ1) is 10.4. The first-order valence-corrected chi connectivity index (χ1v) is 8.40. The van der Waals surface area contributed by atoms with Crippen molar-refractivity contribution in [1.29, 1.82) is 0 Å². The highest BCUT2D eigenvalue weighted by atomic mass is 16.5. The zero-order valence-electron chi connectivity index (χ0n) is 13.1. The van der Waals surface area contributed by atoms with Gasteiger partial charge < -0.3 is 10.1 Å². The van der Waals surface area contributed by atoms with Crippen LogP contribution in [-0.2, 0) is 11.2 Å². The van der Waals surface area contributed by atoms with Gasteiger partial charge in [-0.2, -0.15) is 0 Å². The number of nitrogens with one attached hydrogen (secondary N) is 1. The van der Waals surface area contributed by atoms with E-state index in [2.05, 4.69) is 40.5 Å². The lowest BCUT2D eigenvalue weighted by atomic mass is 9.89. The van der Waals surface area contributed by atoms with E-state index in [1.807, 2.05) is 7.11 Å². The Kier molecular flexibility index (Phi) is 5.28. The van der Waals surface area contributed by atoms with Crippen molar-refractivity contribution in [1.82, 2.24) is 10.2 Å². The lowest BCUT2D eigenvalue weighted by Crippen LogP contribution is -2.57. The summed E-state index contributed by atoms with van der Waals surface area (Å²) in [5.41, 5.74) is 1.45. The number of hydrogen-bond acceptors (Lipinski definition) is 3. The fourth-order valence-corrected chi connectivity index (χ4v) is 3.97. The van der Waals surface area contributed by atoms with Crippen molar-refractivity contribution >= 4 is 0 Å². The number of piperazine rings is 1. The second kappa shape index (κ2) is 7.39. The molecular formula is C18H28N2O. The number of methoxy groups -OCH3 is 1. The fourth-order valence-electron chi connectivity index (χ4n) is 3.97. The van der Waals surface area contributed by atoms with Crippen molar-refractivity contribution in [3.05, 3.63) is 35.9 Å². The number of rotatable bonds is 4. The maximum Gasteiger partial charge on any atom is 0.0586 e. The van der Waals surface area contributed by atoms with Gasteiger partial charge in [0.15, 0.2) is 0 Å². The van der Waals surface area contributed by atoms with Crippen LogP contribution in [0.2, 0.25) is 0 Å². The molecule has 3 heteroatoms. The molecule has 1 saturated carbocycles. The molecule has 3 unspecified atom stereocenters. The molecule has 0 aromatic heterocycles. The zero-order chi connectivity index (χ0) is 14.5. The molecule has 1 aliphatic heterocycles. The van der Waals surface area contributed by atoms with E-state index in [-0.39, 0.29) is 0 Å². The summed E-state index contributed by atoms with van der Waals surface area (Å²) in [6.07, 6.45) is 6.72. The van der Waals surface area contributed by atoms with E-state index in [0.717, 1.165) is 19.5 Å². The highest BCUT2D eigenvalue weighted by molar-refractivity contribution is 5.16. The number of nitrogens with zero attached hydrogens (tertiary/aromatic N) is 1. The van der Waals surface area contributed by atoms with Crippen molar-refractivity contribution in [3.8, 4) is 0 Å². The third kappa shape index (κ3) is 3.85. The van der Waals surface area contributed by atoms with E-state index in [4.69, 9.17) is 4.74 Å². The van der Waals surface area contributed by atoms with Gasteiger partial charge in [0.05, 0.1) is 6.10 Å². The van der Waals surface area contributed by atoms with Gasteiger partial charge in [0.1, 0.15) is 0 Å². The zero-order valence-corrected chi connectivity index (χ0v) is 13.1. The Bertz CT molecular complexity index is 422. The molecule has 2 aliphatic rings. The molecule has 0 spiro atoms. The van der Waals surface area contributed by atoms with Gasteiger partial charge in [0, 0.05) is 38.8 Å². The van der Waals surface area contributed by atoms with Crippen molar-refractivity contribution in [2.45, 2.75) is 50.3 Å². The summed E-state index contributed by atoms with van der Waals surface area (Å²) >= 11 is 0. The van der Waals surface area contributed by atoms with Gasteiger partial charge in [0.25, 0.3) is 0 Å². The van der Waals surface area contributed by atoms with Crippen LogP contribution in [0.1, 0.15) is 31.2 Å². The topological polar surface area (TPSA) is 24.5 Å². The largest absolute Gasteiger partial charge is 0.381 e. The quantitative estimate of drug-likeness (QED) is 0.921. The molecule has 116 valence electrons. The molecule has 1 aliphatic carbocycles. The van der Waals surface area contributed by atoms with Crippen LogP contribution in [0.5, 0.6) is 0 Å². The monoisotopic (exact) mass is 288 g/mol. The van der Waals surface area contributed by atoms with Crippen LogP contribution in [0.25, 0.3) is 0 Å². The molecule has 1 N–H and O–H groups in total. The normalized spacial score (nSPS) is 31.2. The number of ether oxygens (including phenoxy) is 1. The summed E-state index contributed by atoms with van der Waals surface area (Å²) in [5, 5.41) is 3.58. The Labute approximate surface area is 128 Å². The predicted octanol–water partition coefficient (Wildman–Crippen LogP) is 2.46. The van der Waals surface area contributed by atoms with Crippen LogP contribution in [-0.4, -0.2) is 49.8 Å². The lowest BCUT2D eigenvalue weighted by Gasteiger charge is -2.44. The molecule has 2 fully saturated rings. The van der Waals surface area contributed by atoms with Crippen molar-refractivity contribution in [3.63, 3.8) is 0 Å². The average Bonchev–Trinajstić information content (AvgIpc) is 2.56. The molecule has 21 heavy (non-hydrogen) atoms. The Morgan fingerprint density at radius 3 is 2.90 bits per heavy atom. The summed E-state index contributed by atoms with van der Waals surface area (Å²) in [6.45, 7) is 3.42. The summed E-state index contributed by atoms with van der Waals surface area (Å²) < 4.78 is 5.62. The third-order valence-corrected chi connectivity index (χ3v) is 5.11. The Morgan fingerprint density at radius 2 is 2.10 bits per heavy atom. The molecular weight excluding hydrogens is 260 g/mol. The molecule has 1 heterocycles. The van der Waals surface area contributed by atoms with E-state index in [0.29, 0.717) is 18.2 Å². The summed E-state index contributed by atoms with van der Waals surface area (Å²) in [6, 6.07) is 12.2. The van der Waals surface area contributed by atoms with Crippen molar-refractivity contribution in [2.75, 3.05) is 26.7 Å². The van der Waals surface area contributed by atoms with E-state index in [1.165, 1.54) is 37.8 Å². The van der Waals surface area contributed by atoms with E-state index >= 15 is 0 Å². The second-order valence-corrected chi connectivity index (χ2v) is 6.46. The van der Waals surface area contributed by atoms with Gasteiger partial charge in [-0.1, -0.05) is 30.3 Å². The van der Waals surface area contributed by atoms with Crippen molar-refractivity contribution < 1.29 is 4.74 Å². The van der Waals surface area contributed by atoms with Crippen LogP contribution in [0.4, 0.5) is 0 Å². The standard InChI is InChI=1S/C18H28N2O/c1-21-18-9-5-8-16(13-18)20-11-10-19-14-17(20)12-15-6-3-2-4-7-15/h2-4,6-7,16-19H,5,8-14H2,1H3. The Balaban J connectivity index is 1.66. The predicted molar refractivity (Wildman–Crippen MR) is 86.6 cm³/mol. The van der Waals surface area contributed by atoms with Gasteiger partial charge in [-0.3, -0.25) is 4.90 Å². The second-order valence-electron chi connectivity index (χ2n) is 6.46. The maximum absolute atomic E-state index is 5.62. The van der Waals surface area contributed by atoms with Crippen LogP contribution < -0.4 is 5.32 Å². The molecule has 0 bridgehead atoms. The number of hydrogen-bond donors (Lipinski definition) is 1. The first kappa shape index (κ1) is 15.0. The average molecular weight is 288 g/mol. The molecule has 1 aromatic rings. The SMILES string of the molecule is COC1CCCC(N2CCNCC2Cc2ccccc2)C1. The van der Waals surface area contributed by atoms with E-state index in [9.17, 15) is 0 Å². The molecule has 3 atom stereocenters. The highest BCUT2D eigenvalue weighted by Crippen LogP contribution is 2.27. The summed E-state index contributed by atoms with van der Waals surface area (Å²) in [5.74, 6) is 0. The molecule has 0 amide bonds. The molecule has 1 aromatic carbocycles. The van der Waals surface area contributed by atoms with Crippen LogP contribution in [0, 0.1) is 0 Å². The van der Waals surface area contributed by atoms with Gasteiger partial charge in [-0.25, -0.2) is 0 Å². The third-order valence-electron chi connectivity index (χ3n) is 5.11. The van der Waals surface area contributed by atoms with Crippen LogP contribution in [0.15, 0.2) is 30.3 Å². The van der Waals surface area contributed by atoms with Gasteiger partial charge in [0.2, 0.25) is 0 Å².